The molecule has 1 aromatic carbocycles. The predicted octanol–water partition coefficient (Wildman–Crippen LogP) is 2.62. The van der Waals surface area contributed by atoms with Gasteiger partial charge in [-0.05, 0) is 43.5 Å². The predicted molar refractivity (Wildman–Crippen MR) is 90.6 cm³/mol. The Bertz CT molecular complexity index is 728. The number of carbonyl (C=O) groups excluding carboxylic acids is 1. The van der Waals surface area contributed by atoms with Gasteiger partial charge in [0.25, 0.3) is 11.8 Å². The molecule has 1 saturated heterocycles. The van der Waals surface area contributed by atoms with Gasteiger partial charge >= 0.3 is 0 Å². The van der Waals surface area contributed by atoms with Crippen LogP contribution in [0.5, 0.6) is 5.75 Å². The molecule has 2 heterocycles. The molecule has 0 bridgehead atoms. The summed E-state index contributed by atoms with van der Waals surface area (Å²) < 4.78 is 16.2. The van der Waals surface area contributed by atoms with Crippen LogP contribution in [0.3, 0.4) is 0 Å². The summed E-state index contributed by atoms with van der Waals surface area (Å²) in [6.45, 7) is 2.95. The van der Waals surface area contributed by atoms with Crippen molar-refractivity contribution in [3.8, 4) is 5.75 Å². The lowest BCUT2D eigenvalue weighted by Crippen LogP contribution is -2.30. The summed E-state index contributed by atoms with van der Waals surface area (Å²) >= 11 is 5.89. The van der Waals surface area contributed by atoms with Crippen LogP contribution >= 0.6 is 11.6 Å². The quantitative estimate of drug-likeness (QED) is 0.811. The maximum atomic E-state index is 11.9. The molecule has 1 amide bonds. The fourth-order valence-corrected chi connectivity index (χ4v) is 2.78. The zero-order chi connectivity index (χ0) is 17.6. The largest absolute Gasteiger partial charge is 0.484 e. The minimum absolute atomic E-state index is 0.0596. The van der Waals surface area contributed by atoms with Gasteiger partial charge in [0.05, 0.1) is 0 Å². The van der Waals surface area contributed by atoms with Crippen molar-refractivity contribution in [3.05, 3.63) is 40.5 Å². The van der Waals surface area contributed by atoms with Gasteiger partial charge in [0, 0.05) is 24.6 Å². The lowest BCUT2D eigenvalue weighted by molar-refractivity contribution is -0.123. The second-order valence-electron chi connectivity index (χ2n) is 5.85. The number of benzene rings is 1. The smallest absolute Gasteiger partial charge is 0.257 e. The van der Waals surface area contributed by atoms with E-state index in [1.54, 1.807) is 18.2 Å². The van der Waals surface area contributed by atoms with Gasteiger partial charge < -0.3 is 19.3 Å². The van der Waals surface area contributed by atoms with Crippen molar-refractivity contribution in [3.63, 3.8) is 0 Å². The average molecular weight is 366 g/mol. The maximum absolute atomic E-state index is 11.9. The van der Waals surface area contributed by atoms with Gasteiger partial charge in [-0.15, -0.1) is 0 Å². The normalized spacial score (nSPS) is 16.8. The van der Waals surface area contributed by atoms with E-state index < -0.39 is 0 Å². The molecule has 1 N–H and O–H groups in total. The molecule has 1 fully saturated rings. The molecule has 1 aliphatic heterocycles. The highest BCUT2D eigenvalue weighted by Crippen LogP contribution is 2.26. The molecule has 2 aromatic rings. The van der Waals surface area contributed by atoms with E-state index in [2.05, 4.69) is 15.5 Å². The van der Waals surface area contributed by atoms with E-state index in [0.29, 0.717) is 35.5 Å². The summed E-state index contributed by atoms with van der Waals surface area (Å²) in [6, 6.07) is 5.26. The number of halogens is 1. The lowest BCUT2D eigenvalue weighted by Gasteiger charge is -2.09. The molecule has 1 unspecified atom stereocenters. The summed E-state index contributed by atoms with van der Waals surface area (Å²) in [7, 11) is 0. The molecule has 0 radical (unpaired) electrons. The van der Waals surface area contributed by atoms with Crippen molar-refractivity contribution < 1.29 is 18.8 Å². The first-order chi connectivity index (χ1) is 12.1. The van der Waals surface area contributed by atoms with E-state index in [1.165, 1.54) is 0 Å². The van der Waals surface area contributed by atoms with Gasteiger partial charge in [-0.25, -0.2) is 0 Å². The Hall–Kier alpha value is -2.12. The molecular formula is C17H20ClN3O4. The molecular weight excluding hydrogens is 346 g/mol. The minimum atomic E-state index is -0.211. The summed E-state index contributed by atoms with van der Waals surface area (Å²) in [6.07, 6.45) is 2.31. The average Bonchev–Trinajstić information content (AvgIpc) is 3.25. The molecule has 134 valence electrons. The number of rotatable bonds is 7. The highest BCUT2D eigenvalue weighted by molar-refractivity contribution is 6.30. The first-order valence-corrected chi connectivity index (χ1v) is 8.59. The van der Waals surface area contributed by atoms with Gasteiger partial charge in [-0.1, -0.05) is 16.8 Å². The van der Waals surface area contributed by atoms with Crippen LogP contribution in [0, 0.1) is 6.92 Å². The number of carbonyl (C=O) groups is 1. The van der Waals surface area contributed by atoms with Crippen LogP contribution in [-0.2, 0) is 16.0 Å². The third-order valence-corrected chi connectivity index (χ3v) is 4.09. The number of amides is 1. The number of ether oxygens (including phenoxy) is 2. The number of hydrogen-bond acceptors (Lipinski definition) is 6. The Morgan fingerprint density at radius 1 is 1.48 bits per heavy atom. The van der Waals surface area contributed by atoms with Gasteiger partial charge in [0.1, 0.15) is 11.9 Å². The van der Waals surface area contributed by atoms with Crippen molar-refractivity contribution in [1.82, 2.24) is 15.5 Å². The van der Waals surface area contributed by atoms with Crippen molar-refractivity contribution in [2.24, 2.45) is 0 Å². The molecule has 0 saturated carbocycles. The zero-order valence-electron chi connectivity index (χ0n) is 14.0. The Morgan fingerprint density at radius 2 is 2.36 bits per heavy atom. The molecule has 7 nitrogen and oxygen atoms in total. The number of nitrogens with one attached hydrogen (secondary N) is 1. The van der Waals surface area contributed by atoms with Crippen LogP contribution in [0.15, 0.2) is 22.7 Å². The fraction of sp³-hybridized carbons (Fsp3) is 0.471. The highest BCUT2D eigenvalue weighted by atomic mass is 35.5. The van der Waals surface area contributed by atoms with Gasteiger partial charge in [0.15, 0.2) is 12.4 Å². The van der Waals surface area contributed by atoms with Crippen molar-refractivity contribution in [1.29, 1.82) is 0 Å². The first-order valence-electron chi connectivity index (χ1n) is 8.21. The lowest BCUT2D eigenvalue weighted by atomic mass is 10.2. The highest BCUT2D eigenvalue weighted by Gasteiger charge is 2.23. The summed E-state index contributed by atoms with van der Waals surface area (Å²) in [5.41, 5.74) is 0.883. The minimum Gasteiger partial charge on any atom is -0.484 e. The van der Waals surface area contributed by atoms with Crippen molar-refractivity contribution in [2.45, 2.75) is 32.3 Å². The van der Waals surface area contributed by atoms with Crippen LogP contribution in [0.2, 0.25) is 5.02 Å². The number of hydrogen-bond donors (Lipinski definition) is 1. The molecule has 1 atom stereocenters. The number of nitrogens with zero attached hydrogens (tertiary/aromatic N) is 2. The molecule has 3 rings (SSSR count). The molecule has 1 aromatic heterocycles. The number of aromatic nitrogens is 2. The van der Waals surface area contributed by atoms with Gasteiger partial charge in [-0.2, -0.15) is 4.98 Å². The maximum Gasteiger partial charge on any atom is 0.257 e. The van der Waals surface area contributed by atoms with E-state index in [0.717, 1.165) is 25.0 Å². The fourth-order valence-electron chi connectivity index (χ4n) is 2.56. The van der Waals surface area contributed by atoms with Crippen LogP contribution in [0.25, 0.3) is 0 Å². The zero-order valence-corrected chi connectivity index (χ0v) is 14.7. The molecule has 8 heteroatoms. The standard InChI is InChI=1S/C17H20ClN3O4/c1-11-9-12(18)4-5-13(11)24-10-16(22)19-7-6-15-20-17(25-21-15)14-3-2-8-23-14/h4-5,9,14H,2-3,6-8,10H2,1H3,(H,19,22). The monoisotopic (exact) mass is 365 g/mol. The van der Waals surface area contributed by atoms with Crippen LogP contribution in [0.4, 0.5) is 0 Å². The molecule has 0 spiro atoms. The van der Waals surface area contributed by atoms with Gasteiger partial charge in [0.2, 0.25) is 0 Å². The summed E-state index contributed by atoms with van der Waals surface area (Å²) in [4.78, 5) is 16.2. The SMILES string of the molecule is Cc1cc(Cl)ccc1OCC(=O)NCCc1noc(C2CCCO2)n1. The van der Waals surface area contributed by atoms with Crippen LogP contribution < -0.4 is 10.1 Å². The molecule has 1 aliphatic rings. The molecule has 0 aliphatic carbocycles. The van der Waals surface area contributed by atoms with Crippen LogP contribution in [0.1, 0.15) is 36.2 Å². The third kappa shape index (κ3) is 4.93. The Labute approximate surface area is 150 Å². The Balaban J connectivity index is 1.39. The summed E-state index contributed by atoms with van der Waals surface area (Å²) in [5.74, 6) is 1.50. The van der Waals surface area contributed by atoms with E-state index in [-0.39, 0.29) is 18.6 Å². The van der Waals surface area contributed by atoms with Crippen molar-refractivity contribution in [2.75, 3.05) is 19.8 Å². The Morgan fingerprint density at radius 3 is 3.12 bits per heavy atom. The van der Waals surface area contributed by atoms with Gasteiger partial charge in [-0.3, -0.25) is 4.79 Å². The van der Waals surface area contributed by atoms with E-state index in [9.17, 15) is 4.79 Å². The second kappa shape index (κ2) is 8.31. The number of aryl methyl sites for hydroxylation is 1. The van der Waals surface area contributed by atoms with E-state index >= 15 is 0 Å². The van der Waals surface area contributed by atoms with Crippen LogP contribution in [-0.4, -0.2) is 35.8 Å². The Kier molecular flexibility index (Phi) is 5.88. The van der Waals surface area contributed by atoms with E-state index in [1.807, 2.05) is 6.92 Å². The first kappa shape index (κ1) is 17.7. The van der Waals surface area contributed by atoms with Crippen molar-refractivity contribution >= 4 is 17.5 Å². The van der Waals surface area contributed by atoms with E-state index in [4.69, 9.17) is 25.6 Å². The third-order valence-electron chi connectivity index (χ3n) is 3.86. The second-order valence-corrected chi connectivity index (χ2v) is 6.29. The summed E-state index contributed by atoms with van der Waals surface area (Å²) in [5, 5.41) is 7.31. The molecule has 25 heavy (non-hydrogen) atoms. The topological polar surface area (TPSA) is 86.5 Å².